The fourth-order valence-corrected chi connectivity index (χ4v) is 2.95. The molecule has 2 N–H and O–H groups in total. The topological polar surface area (TPSA) is 84.8 Å². The summed E-state index contributed by atoms with van der Waals surface area (Å²) >= 11 is 5.92. The quantitative estimate of drug-likeness (QED) is 0.678. The summed E-state index contributed by atoms with van der Waals surface area (Å²) in [6.45, 7) is 5.70. The first kappa shape index (κ1) is 18.5. The van der Waals surface area contributed by atoms with Gasteiger partial charge in [0.15, 0.2) is 6.61 Å². The lowest BCUT2D eigenvalue weighted by molar-refractivity contribution is -0.908. The number of halogens is 1. The van der Waals surface area contributed by atoms with Crippen LogP contribution in [0.5, 0.6) is 5.75 Å². The van der Waals surface area contributed by atoms with Crippen molar-refractivity contribution in [1.82, 2.24) is 4.98 Å². The van der Waals surface area contributed by atoms with Crippen molar-refractivity contribution in [3.8, 4) is 11.8 Å². The maximum atomic E-state index is 9.23. The molecule has 1 aliphatic heterocycles. The highest BCUT2D eigenvalue weighted by Gasteiger charge is 2.15. The molecule has 138 valence electrons. The van der Waals surface area contributed by atoms with Crippen LogP contribution in [-0.4, -0.2) is 44.4 Å². The standard InChI is InChI=1S/C18H21ClN4O3/c19-14-3-1-4-15(11-14)25-13-17-22-16(12-20)18(26-17)21-5-2-6-23-7-9-24-10-8-23/h1,3-4,11,21H,2,5-10,13H2/p+1. The Bertz CT molecular complexity index is 753. The van der Waals surface area contributed by atoms with Gasteiger partial charge in [0.05, 0.1) is 19.8 Å². The Hall–Kier alpha value is -2.27. The highest BCUT2D eigenvalue weighted by atomic mass is 35.5. The Morgan fingerprint density at radius 1 is 1.35 bits per heavy atom. The predicted molar refractivity (Wildman–Crippen MR) is 96.5 cm³/mol. The van der Waals surface area contributed by atoms with Crippen LogP contribution in [0.15, 0.2) is 28.7 Å². The molecule has 3 rings (SSSR count). The highest BCUT2D eigenvalue weighted by Crippen LogP contribution is 2.20. The van der Waals surface area contributed by atoms with Crippen molar-refractivity contribution in [1.29, 1.82) is 5.26 Å². The molecule has 2 heterocycles. The van der Waals surface area contributed by atoms with Gasteiger partial charge in [-0.15, -0.1) is 0 Å². The number of rotatable bonds is 8. The molecule has 0 atom stereocenters. The second-order valence-corrected chi connectivity index (χ2v) is 6.47. The first-order chi connectivity index (χ1) is 12.7. The van der Waals surface area contributed by atoms with E-state index in [-0.39, 0.29) is 12.3 Å². The zero-order valence-electron chi connectivity index (χ0n) is 14.5. The summed E-state index contributed by atoms with van der Waals surface area (Å²) in [6, 6.07) is 9.13. The van der Waals surface area contributed by atoms with Gasteiger partial charge in [-0.05, 0) is 18.2 Å². The van der Waals surface area contributed by atoms with E-state index in [1.807, 2.05) is 6.07 Å². The number of nitriles is 1. The van der Waals surface area contributed by atoms with Crippen LogP contribution in [0.25, 0.3) is 0 Å². The van der Waals surface area contributed by atoms with E-state index in [9.17, 15) is 5.26 Å². The van der Waals surface area contributed by atoms with Gasteiger partial charge < -0.3 is 24.1 Å². The van der Waals surface area contributed by atoms with E-state index < -0.39 is 0 Å². The lowest BCUT2D eigenvalue weighted by Gasteiger charge is -2.23. The molecule has 1 aliphatic rings. The van der Waals surface area contributed by atoms with Crippen LogP contribution in [-0.2, 0) is 11.3 Å². The van der Waals surface area contributed by atoms with Crippen molar-refractivity contribution >= 4 is 17.5 Å². The predicted octanol–water partition coefficient (Wildman–Crippen LogP) is 1.50. The molecular weight excluding hydrogens is 356 g/mol. The smallest absolute Gasteiger partial charge is 0.236 e. The molecule has 0 spiro atoms. The number of aromatic nitrogens is 1. The minimum atomic E-state index is 0.134. The minimum Gasteiger partial charge on any atom is -0.484 e. The molecule has 7 nitrogen and oxygen atoms in total. The van der Waals surface area contributed by atoms with Crippen LogP contribution >= 0.6 is 11.6 Å². The number of anilines is 1. The lowest BCUT2D eigenvalue weighted by Crippen LogP contribution is -3.14. The van der Waals surface area contributed by atoms with E-state index in [2.05, 4.69) is 10.3 Å². The maximum absolute atomic E-state index is 9.23. The average molecular weight is 378 g/mol. The number of morpholine rings is 1. The Labute approximate surface area is 157 Å². The molecule has 0 unspecified atom stereocenters. The molecule has 1 saturated heterocycles. The van der Waals surface area contributed by atoms with Crippen molar-refractivity contribution in [2.24, 2.45) is 0 Å². The number of nitrogens with one attached hydrogen (secondary N) is 2. The van der Waals surface area contributed by atoms with Crippen LogP contribution < -0.4 is 15.0 Å². The summed E-state index contributed by atoms with van der Waals surface area (Å²) in [4.78, 5) is 5.71. The zero-order chi connectivity index (χ0) is 18.2. The average Bonchev–Trinajstić information content (AvgIpc) is 3.07. The molecular formula is C18H22ClN4O3+. The number of hydrogen-bond acceptors (Lipinski definition) is 6. The van der Waals surface area contributed by atoms with Crippen molar-refractivity contribution in [2.75, 3.05) is 44.7 Å². The fraction of sp³-hybridized carbons (Fsp3) is 0.444. The first-order valence-electron chi connectivity index (χ1n) is 8.68. The third-order valence-corrected chi connectivity index (χ3v) is 4.36. The van der Waals surface area contributed by atoms with Crippen LogP contribution in [0.3, 0.4) is 0 Å². The van der Waals surface area contributed by atoms with Gasteiger partial charge in [0.1, 0.15) is 24.9 Å². The van der Waals surface area contributed by atoms with E-state index in [1.54, 1.807) is 29.2 Å². The van der Waals surface area contributed by atoms with Crippen molar-refractivity contribution in [3.63, 3.8) is 0 Å². The van der Waals surface area contributed by atoms with Gasteiger partial charge in [-0.25, -0.2) is 0 Å². The summed E-state index contributed by atoms with van der Waals surface area (Å²) < 4.78 is 16.6. The summed E-state index contributed by atoms with van der Waals surface area (Å²) in [5.74, 6) is 1.37. The van der Waals surface area contributed by atoms with Gasteiger partial charge in [0, 0.05) is 18.0 Å². The highest BCUT2D eigenvalue weighted by molar-refractivity contribution is 6.30. The molecule has 0 amide bonds. The van der Waals surface area contributed by atoms with Crippen LogP contribution in [0.2, 0.25) is 5.02 Å². The van der Waals surface area contributed by atoms with E-state index in [4.69, 9.17) is 25.5 Å². The number of ether oxygens (including phenoxy) is 2. The molecule has 0 bridgehead atoms. The third kappa shape index (κ3) is 5.36. The molecule has 0 saturated carbocycles. The second-order valence-electron chi connectivity index (χ2n) is 6.04. The molecule has 8 heteroatoms. The van der Waals surface area contributed by atoms with Crippen molar-refractivity contribution in [2.45, 2.75) is 13.0 Å². The maximum Gasteiger partial charge on any atom is 0.236 e. The summed E-state index contributed by atoms with van der Waals surface area (Å²) in [6.07, 6.45) is 0.981. The number of benzene rings is 1. The van der Waals surface area contributed by atoms with E-state index in [1.165, 1.54) is 0 Å². The van der Waals surface area contributed by atoms with Crippen LogP contribution in [0.1, 0.15) is 18.0 Å². The molecule has 1 fully saturated rings. The summed E-state index contributed by atoms with van der Waals surface area (Å²) in [5.41, 5.74) is 0.244. The minimum absolute atomic E-state index is 0.134. The first-order valence-corrected chi connectivity index (χ1v) is 9.06. The van der Waals surface area contributed by atoms with E-state index >= 15 is 0 Å². The number of nitrogens with zero attached hydrogens (tertiary/aromatic N) is 2. The largest absolute Gasteiger partial charge is 0.484 e. The van der Waals surface area contributed by atoms with Gasteiger partial charge in [0.2, 0.25) is 17.5 Å². The van der Waals surface area contributed by atoms with Crippen molar-refractivity contribution < 1.29 is 18.8 Å². The van der Waals surface area contributed by atoms with Gasteiger partial charge >= 0.3 is 0 Å². The van der Waals surface area contributed by atoms with Gasteiger partial charge in [-0.2, -0.15) is 10.2 Å². The van der Waals surface area contributed by atoms with E-state index in [0.29, 0.717) is 22.5 Å². The van der Waals surface area contributed by atoms with Gasteiger partial charge in [0.25, 0.3) is 0 Å². The van der Waals surface area contributed by atoms with E-state index in [0.717, 1.165) is 45.8 Å². The molecule has 0 radical (unpaired) electrons. The molecule has 1 aromatic heterocycles. The lowest BCUT2D eigenvalue weighted by atomic mass is 10.3. The van der Waals surface area contributed by atoms with Gasteiger partial charge in [-0.3, -0.25) is 0 Å². The van der Waals surface area contributed by atoms with Crippen molar-refractivity contribution in [3.05, 3.63) is 40.9 Å². The number of hydrogen-bond donors (Lipinski definition) is 2. The summed E-state index contributed by atoms with van der Waals surface area (Å²) in [7, 11) is 0. The van der Waals surface area contributed by atoms with Gasteiger partial charge in [-0.1, -0.05) is 17.7 Å². The fourth-order valence-electron chi connectivity index (χ4n) is 2.77. The van der Waals surface area contributed by atoms with Crippen LogP contribution in [0.4, 0.5) is 5.88 Å². The SMILES string of the molecule is N#Cc1nc(COc2cccc(Cl)c2)oc1NCCC[NH+]1CCOCC1. The molecule has 26 heavy (non-hydrogen) atoms. The monoisotopic (exact) mass is 377 g/mol. The normalized spacial score (nSPS) is 14.8. The Kier molecular flexibility index (Phi) is 6.72. The molecule has 0 aliphatic carbocycles. The Morgan fingerprint density at radius 2 is 2.19 bits per heavy atom. The Balaban J connectivity index is 1.47. The number of quaternary nitrogens is 1. The third-order valence-electron chi connectivity index (χ3n) is 4.13. The zero-order valence-corrected chi connectivity index (χ0v) is 15.2. The summed E-state index contributed by atoms with van der Waals surface area (Å²) in [5, 5.41) is 13.0. The second kappa shape index (κ2) is 9.43. The van der Waals surface area contributed by atoms with Crippen LogP contribution in [0, 0.1) is 11.3 Å². The molecule has 2 aromatic rings. The number of oxazole rings is 1. The molecule has 1 aromatic carbocycles. The Morgan fingerprint density at radius 3 is 2.96 bits per heavy atom.